The van der Waals surface area contributed by atoms with Crippen LogP contribution < -0.4 is 16.0 Å². The van der Waals surface area contributed by atoms with E-state index < -0.39 is 34.5 Å². The SMILES string of the molecule is CC(C)(C)ON(C=O)C(C)(C)C(=O)N[C@H](Cc1csc2ccccc12)C(=O)Nc1cn(C(C=O)(c2ccccc2)C2CCCN2)cn1. The Balaban J connectivity index is 1.44. The Morgan fingerprint density at radius 2 is 1.83 bits per heavy atom. The Labute approximate surface area is 278 Å². The van der Waals surface area contributed by atoms with Crippen molar-refractivity contribution in [2.45, 2.75) is 82.6 Å². The van der Waals surface area contributed by atoms with Gasteiger partial charge in [0.2, 0.25) is 18.2 Å². The lowest BCUT2D eigenvalue weighted by Gasteiger charge is -2.37. The molecule has 1 saturated heterocycles. The average molecular weight is 659 g/mol. The van der Waals surface area contributed by atoms with Crippen molar-refractivity contribution in [3.8, 4) is 0 Å². The Bertz CT molecular complexity index is 1720. The highest BCUT2D eigenvalue weighted by Gasteiger charge is 2.44. The number of hydrogen-bond donors (Lipinski definition) is 3. The number of thiophene rings is 1. The summed E-state index contributed by atoms with van der Waals surface area (Å²) < 4.78 is 2.80. The third kappa shape index (κ3) is 7.14. The summed E-state index contributed by atoms with van der Waals surface area (Å²) in [6.07, 6.45) is 6.51. The summed E-state index contributed by atoms with van der Waals surface area (Å²) in [5.74, 6) is -0.843. The van der Waals surface area contributed by atoms with Gasteiger partial charge in [-0.05, 0) is 82.0 Å². The van der Waals surface area contributed by atoms with Gasteiger partial charge in [-0.2, -0.15) is 0 Å². The summed E-state index contributed by atoms with van der Waals surface area (Å²) in [6, 6.07) is 16.2. The molecular formula is C35H42N6O5S. The van der Waals surface area contributed by atoms with E-state index >= 15 is 0 Å². The topological polar surface area (TPSA) is 135 Å². The van der Waals surface area contributed by atoms with Gasteiger partial charge in [0.25, 0.3) is 0 Å². The molecule has 3 amide bonds. The number of rotatable bonds is 13. The quantitative estimate of drug-likeness (QED) is 0.143. The van der Waals surface area contributed by atoms with Crippen LogP contribution in [0.1, 0.15) is 58.6 Å². The molecule has 3 N–H and O–H groups in total. The summed E-state index contributed by atoms with van der Waals surface area (Å²) in [5, 5.41) is 13.1. The Hall–Kier alpha value is -4.39. The zero-order chi connectivity index (χ0) is 33.8. The van der Waals surface area contributed by atoms with Crippen molar-refractivity contribution >= 4 is 51.8 Å². The molecule has 0 saturated carbocycles. The highest BCUT2D eigenvalue weighted by molar-refractivity contribution is 7.17. The van der Waals surface area contributed by atoms with Gasteiger partial charge in [-0.3, -0.25) is 19.2 Å². The zero-order valence-corrected chi connectivity index (χ0v) is 28.2. The monoisotopic (exact) mass is 658 g/mol. The Morgan fingerprint density at radius 1 is 1.11 bits per heavy atom. The van der Waals surface area contributed by atoms with E-state index in [0.717, 1.165) is 51.9 Å². The first kappa shape index (κ1) is 34.0. The number of fused-ring (bicyclic) bond motifs is 1. The van der Waals surface area contributed by atoms with Crippen LogP contribution in [0.2, 0.25) is 0 Å². The van der Waals surface area contributed by atoms with Crippen molar-refractivity contribution in [2.75, 3.05) is 11.9 Å². The lowest BCUT2D eigenvalue weighted by Crippen LogP contribution is -2.59. The van der Waals surface area contributed by atoms with Crippen LogP contribution in [0.15, 0.2) is 72.5 Å². The molecule has 5 rings (SSSR count). The van der Waals surface area contributed by atoms with E-state index in [-0.39, 0.29) is 18.3 Å². The third-order valence-electron chi connectivity index (χ3n) is 8.45. The van der Waals surface area contributed by atoms with Crippen molar-refractivity contribution in [1.29, 1.82) is 0 Å². The number of aromatic nitrogens is 2. The number of carbonyl (C=O) groups is 4. The van der Waals surface area contributed by atoms with E-state index in [1.165, 1.54) is 0 Å². The number of carbonyl (C=O) groups excluding carboxylic acids is 4. The fourth-order valence-corrected chi connectivity index (χ4v) is 6.90. The van der Waals surface area contributed by atoms with E-state index in [1.54, 1.807) is 63.0 Å². The van der Waals surface area contributed by atoms with Crippen molar-refractivity contribution in [3.63, 3.8) is 0 Å². The molecule has 0 spiro atoms. The molecule has 1 aliphatic rings. The molecule has 11 nitrogen and oxygen atoms in total. The van der Waals surface area contributed by atoms with Crippen LogP contribution in [-0.4, -0.2) is 68.9 Å². The number of benzene rings is 2. The van der Waals surface area contributed by atoms with Crippen molar-refractivity contribution in [1.82, 2.24) is 25.2 Å². The first-order chi connectivity index (χ1) is 22.4. The normalized spacial score (nSPS) is 17.1. The van der Waals surface area contributed by atoms with Gasteiger partial charge in [0.1, 0.15) is 17.1 Å². The molecule has 0 aliphatic carbocycles. The third-order valence-corrected chi connectivity index (χ3v) is 9.46. The van der Waals surface area contributed by atoms with Crippen LogP contribution in [0.3, 0.4) is 0 Å². The van der Waals surface area contributed by atoms with Gasteiger partial charge >= 0.3 is 0 Å². The number of hydrogen-bond acceptors (Lipinski definition) is 8. The molecule has 0 bridgehead atoms. The van der Waals surface area contributed by atoms with Gasteiger partial charge in [0.05, 0.1) is 11.9 Å². The van der Waals surface area contributed by atoms with Crippen LogP contribution in [0.4, 0.5) is 5.82 Å². The second-order valence-corrected chi connectivity index (χ2v) is 14.2. The molecule has 1 fully saturated rings. The summed E-state index contributed by atoms with van der Waals surface area (Å²) in [5.41, 5.74) is -1.57. The van der Waals surface area contributed by atoms with Gasteiger partial charge < -0.3 is 25.3 Å². The van der Waals surface area contributed by atoms with Crippen molar-refractivity contribution in [2.24, 2.45) is 0 Å². The van der Waals surface area contributed by atoms with E-state index in [1.807, 2.05) is 60.0 Å². The van der Waals surface area contributed by atoms with Crippen LogP contribution in [0.25, 0.3) is 10.1 Å². The van der Waals surface area contributed by atoms with Crippen LogP contribution in [-0.2, 0) is 36.0 Å². The second kappa shape index (κ2) is 13.8. The van der Waals surface area contributed by atoms with Gasteiger partial charge in [-0.15, -0.1) is 11.3 Å². The predicted molar refractivity (Wildman–Crippen MR) is 182 cm³/mol. The van der Waals surface area contributed by atoms with Crippen molar-refractivity contribution in [3.05, 3.63) is 83.6 Å². The van der Waals surface area contributed by atoms with Crippen LogP contribution >= 0.6 is 11.3 Å². The maximum Gasteiger partial charge on any atom is 0.248 e. The molecule has 2 aromatic carbocycles. The van der Waals surface area contributed by atoms with Gasteiger partial charge in [0, 0.05) is 23.4 Å². The Kier molecular flexibility index (Phi) is 9.94. The standard InChI is InChI=1S/C35H42N6O5S/c1-33(2,3)46-41(23-43)34(4,5)32(45)38-27(18-24-20-47-28-15-10-9-14-26(24)28)31(44)39-30-19-40(22-37-30)35(21-42,29-16-11-17-36-29)25-12-7-6-8-13-25/h6-10,12-15,19-23,27,29,36H,11,16-18H2,1-5H3,(H,38,45)(H,39,44)/t27-,29?,35?/m1/s1. The van der Waals surface area contributed by atoms with E-state index in [0.29, 0.717) is 6.41 Å². The van der Waals surface area contributed by atoms with Crippen molar-refractivity contribution < 1.29 is 24.0 Å². The number of anilines is 1. The zero-order valence-electron chi connectivity index (χ0n) is 27.4. The predicted octanol–water partition coefficient (Wildman–Crippen LogP) is 4.43. The molecule has 2 aromatic heterocycles. The van der Waals surface area contributed by atoms with Gasteiger partial charge in [0.15, 0.2) is 12.1 Å². The van der Waals surface area contributed by atoms with Gasteiger partial charge in [-0.25, -0.2) is 10.0 Å². The highest BCUT2D eigenvalue weighted by atomic mass is 32.1. The fraction of sp³-hybridized carbons (Fsp3) is 0.400. The molecule has 248 valence electrons. The maximum atomic E-state index is 14.0. The summed E-state index contributed by atoms with van der Waals surface area (Å²) in [4.78, 5) is 62.9. The lowest BCUT2D eigenvalue weighted by atomic mass is 9.82. The number of nitrogens with one attached hydrogen (secondary N) is 3. The largest absolute Gasteiger partial charge is 0.342 e. The molecule has 1 aliphatic heterocycles. The number of hydroxylamine groups is 2. The first-order valence-corrected chi connectivity index (χ1v) is 16.6. The van der Waals surface area contributed by atoms with Crippen LogP contribution in [0.5, 0.6) is 0 Å². The maximum absolute atomic E-state index is 14.0. The van der Waals surface area contributed by atoms with E-state index in [4.69, 9.17) is 4.84 Å². The number of nitrogens with zero attached hydrogens (tertiary/aromatic N) is 3. The molecular weight excluding hydrogens is 616 g/mol. The van der Waals surface area contributed by atoms with Crippen LogP contribution in [0, 0.1) is 0 Å². The highest BCUT2D eigenvalue weighted by Crippen LogP contribution is 2.34. The minimum atomic E-state index is -1.45. The summed E-state index contributed by atoms with van der Waals surface area (Å²) >= 11 is 1.56. The fourth-order valence-electron chi connectivity index (χ4n) is 5.93. The molecule has 3 atom stereocenters. The molecule has 47 heavy (non-hydrogen) atoms. The van der Waals surface area contributed by atoms with Gasteiger partial charge in [-0.1, -0.05) is 48.5 Å². The smallest absolute Gasteiger partial charge is 0.248 e. The molecule has 0 radical (unpaired) electrons. The lowest BCUT2D eigenvalue weighted by molar-refractivity contribution is -0.247. The first-order valence-electron chi connectivity index (χ1n) is 15.7. The van der Waals surface area contributed by atoms with E-state index in [9.17, 15) is 19.2 Å². The number of imidazole rings is 1. The minimum absolute atomic E-state index is 0.169. The molecule has 2 unspecified atom stereocenters. The number of aldehydes is 1. The second-order valence-electron chi connectivity index (χ2n) is 13.3. The summed E-state index contributed by atoms with van der Waals surface area (Å²) in [6.45, 7) is 9.22. The summed E-state index contributed by atoms with van der Waals surface area (Å²) in [7, 11) is 0. The minimum Gasteiger partial charge on any atom is -0.342 e. The molecule has 12 heteroatoms. The molecule has 4 aromatic rings. The average Bonchev–Trinajstić information content (AvgIpc) is 3.83. The number of amides is 3. The Morgan fingerprint density at radius 3 is 2.49 bits per heavy atom. The van der Waals surface area contributed by atoms with E-state index in [2.05, 4.69) is 20.9 Å². The molecule has 3 heterocycles.